The van der Waals surface area contributed by atoms with E-state index >= 15 is 0 Å². The third kappa shape index (κ3) is 6.41. The van der Waals surface area contributed by atoms with Crippen molar-refractivity contribution in [3.05, 3.63) is 42.6 Å². The molecule has 212 valence electrons. The number of rotatable bonds is 9. The molecule has 0 radical (unpaired) electrons. The minimum absolute atomic E-state index is 0.0875. The standard InChI is InChI=1S/C29H36N6O5/c1-29(2,3)40-28(36)35(21-7-8-21)22-12-13-34(17-22)26-11-10-24(31-32-26)23-9-6-19(14-25(23)39-18-37-4)20-15-27(38-5)33-30-16-20/h6,9-11,14-16,21-22H,7-8,12-13,17-18H2,1-5H3/t22-/m1/s1. The lowest BCUT2D eigenvalue weighted by molar-refractivity contribution is 0.0158. The monoisotopic (exact) mass is 548 g/mol. The van der Waals surface area contributed by atoms with Gasteiger partial charge in [-0.15, -0.1) is 15.3 Å². The second-order valence-electron chi connectivity index (χ2n) is 11.0. The molecule has 1 saturated heterocycles. The second kappa shape index (κ2) is 11.6. The molecule has 1 aliphatic carbocycles. The minimum atomic E-state index is -0.518. The fraction of sp³-hybridized carbons (Fsp3) is 0.483. The summed E-state index contributed by atoms with van der Waals surface area (Å²) in [5.74, 6) is 1.81. The highest BCUT2D eigenvalue weighted by atomic mass is 16.7. The molecule has 3 heterocycles. The van der Waals surface area contributed by atoms with Crippen LogP contribution in [-0.4, -0.2) is 83.2 Å². The highest BCUT2D eigenvalue weighted by Gasteiger charge is 2.42. The van der Waals surface area contributed by atoms with E-state index in [-0.39, 0.29) is 25.0 Å². The number of amides is 1. The molecule has 0 N–H and O–H groups in total. The van der Waals surface area contributed by atoms with Gasteiger partial charge in [0.15, 0.2) is 12.6 Å². The van der Waals surface area contributed by atoms with E-state index in [0.717, 1.165) is 48.3 Å². The normalized spacial score (nSPS) is 17.0. The largest absolute Gasteiger partial charge is 0.480 e. The zero-order valence-electron chi connectivity index (χ0n) is 23.7. The van der Waals surface area contributed by atoms with Crippen molar-refractivity contribution in [2.24, 2.45) is 0 Å². The third-order valence-electron chi connectivity index (χ3n) is 6.84. The number of nitrogens with zero attached hydrogens (tertiary/aromatic N) is 6. The van der Waals surface area contributed by atoms with E-state index in [0.29, 0.717) is 23.9 Å². The van der Waals surface area contributed by atoms with Crippen LogP contribution in [0.1, 0.15) is 40.0 Å². The van der Waals surface area contributed by atoms with Crippen LogP contribution in [0.4, 0.5) is 10.6 Å². The molecule has 1 atom stereocenters. The molecule has 3 aromatic rings. The van der Waals surface area contributed by atoms with Crippen LogP contribution in [0.5, 0.6) is 11.6 Å². The first-order chi connectivity index (χ1) is 19.3. The molecule has 11 nitrogen and oxygen atoms in total. The van der Waals surface area contributed by atoms with Crippen molar-refractivity contribution in [1.82, 2.24) is 25.3 Å². The first-order valence-corrected chi connectivity index (χ1v) is 13.5. The van der Waals surface area contributed by atoms with E-state index in [4.69, 9.17) is 18.9 Å². The number of carbonyl (C=O) groups excluding carboxylic acids is 1. The number of carbonyl (C=O) groups is 1. The maximum atomic E-state index is 12.9. The van der Waals surface area contributed by atoms with Crippen LogP contribution in [0.3, 0.4) is 0 Å². The van der Waals surface area contributed by atoms with Crippen LogP contribution in [0, 0.1) is 0 Å². The van der Waals surface area contributed by atoms with Crippen molar-refractivity contribution in [1.29, 1.82) is 0 Å². The number of aromatic nitrogens is 4. The van der Waals surface area contributed by atoms with Crippen LogP contribution < -0.4 is 14.4 Å². The smallest absolute Gasteiger partial charge is 0.410 e. The first kappa shape index (κ1) is 27.6. The number of benzene rings is 1. The highest BCUT2D eigenvalue weighted by Crippen LogP contribution is 2.36. The Kier molecular flexibility index (Phi) is 8.02. The number of hydrogen-bond acceptors (Lipinski definition) is 10. The molecule has 1 aliphatic heterocycles. The van der Waals surface area contributed by atoms with E-state index < -0.39 is 5.60 Å². The van der Waals surface area contributed by atoms with Gasteiger partial charge in [-0.25, -0.2) is 4.79 Å². The topological polar surface area (TPSA) is 112 Å². The molecule has 2 fully saturated rings. The van der Waals surface area contributed by atoms with Crippen molar-refractivity contribution in [3.8, 4) is 34.0 Å². The summed E-state index contributed by atoms with van der Waals surface area (Å²) in [6.07, 6.45) is 4.37. The van der Waals surface area contributed by atoms with Gasteiger partial charge in [0.25, 0.3) is 0 Å². The van der Waals surface area contributed by atoms with E-state index in [9.17, 15) is 4.79 Å². The van der Waals surface area contributed by atoms with E-state index in [1.54, 1.807) is 20.4 Å². The summed E-state index contributed by atoms with van der Waals surface area (Å²) in [4.78, 5) is 17.1. The Morgan fingerprint density at radius 1 is 1.00 bits per heavy atom. The van der Waals surface area contributed by atoms with Crippen LogP contribution in [-0.2, 0) is 9.47 Å². The zero-order valence-corrected chi connectivity index (χ0v) is 23.7. The molecule has 5 rings (SSSR count). The van der Waals surface area contributed by atoms with Crippen molar-refractivity contribution >= 4 is 11.9 Å². The van der Waals surface area contributed by atoms with Gasteiger partial charge in [0.05, 0.1) is 25.0 Å². The number of ether oxygens (including phenoxy) is 4. The molecule has 0 unspecified atom stereocenters. The Morgan fingerprint density at radius 2 is 1.82 bits per heavy atom. The summed E-state index contributed by atoms with van der Waals surface area (Å²) in [5.41, 5.74) is 2.68. The quantitative estimate of drug-likeness (QED) is 0.353. The summed E-state index contributed by atoms with van der Waals surface area (Å²) < 4.78 is 22.0. The molecule has 2 aliphatic rings. The molecule has 0 bridgehead atoms. The van der Waals surface area contributed by atoms with E-state index in [2.05, 4.69) is 25.3 Å². The second-order valence-corrected chi connectivity index (χ2v) is 11.0. The van der Waals surface area contributed by atoms with Gasteiger partial charge in [-0.1, -0.05) is 6.07 Å². The molecular formula is C29H36N6O5. The average molecular weight is 549 g/mol. The summed E-state index contributed by atoms with van der Waals surface area (Å²) in [7, 11) is 3.13. The lowest BCUT2D eigenvalue weighted by atomic mass is 10.0. The zero-order chi connectivity index (χ0) is 28.3. The van der Waals surface area contributed by atoms with E-state index in [1.165, 1.54) is 0 Å². The molecule has 40 heavy (non-hydrogen) atoms. The highest BCUT2D eigenvalue weighted by molar-refractivity contribution is 5.75. The Hall–Kier alpha value is -3.99. The van der Waals surface area contributed by atoms with Crippen molar-refractivity contribution in [2.75, 3.05) is 39.0 Å². The molecule has 1 aromatic carbocycles. The Morgan fingerprint density at radius 3 is 2.50 bits per heavy atom. The van der Waals surface area contributed by atoms with Gasteiger partial charge in [-0.3, -0.25) is 0 Å². The van der Waals surface area contributed by atoms with Crippen LogP contribution in [0.25, 0.3) is 22.4 Å². The van der Waals surface area contributed by atoms with Crippen molar-refractivity contribution in [3.63, 3.8) is 0 Å². The number of hydrogen-bond donors (Lipinski definition) is 0. The summed E-state index contributed by atoms with van der Waals surface area (Å²) in [6, 6.07) is 11.9. The van der Waals surface area contributed by atoms with Crippen molar-refractivity contribution < 1.29 is 23.7 Å². The van der Waals surface area contributed by atoms with Crippen LogP contribution >= 0.6 is 0 Å². The predicted octanol–water partition coefficient (Wildman–Crippen LogP) is 4.57. The Labute approximate surface area is 234 Å². The van der Waals surface area contributed by atoms with Crippen molar-refractivity contribution in [2.45, 2.75) is 57.7 Å². The van der Waals surface area contributed by atoms with Gasteiger partial charge in [0.2, 0.25) is 5.88 Å². The van der Waals surface area contributed by atoms with Gasteiger partial charge in [0.1, 0.15) is 11.4 Å². The molecule has 2 aromatic heterocycles. The summed E-state index contributed by atoms with van der Waals surface area (Å²) in [5, 5.41) is 17.0. The lowest BCUT2D eigenvalue weighted by Gasteiger charge is -2.31. The molecule has 1 saturated carbocycles. The molecule has 0 spiro atoms. The number of methoxy groups -OCH3 is 2. The van der Waals surface area contributed by atoms with Crippen LogP contribution in [0.15, 0.2) is 42.6 Å². The van der Waals surface area contributed by atoms with Gasteiger partial charge < -0.3 is 28.7 Å². The molecule has 11 heteroatoms. The Balaban J connectivity index is 1.32. The number of anilines is 1. The van der Waals surface area contributed by atoms with Gasteiger partial charge in [-0.05, 0) is 69.9 Å². The van der Waals surface area contributed by atoms with E-state index in [1.807, 2.05) is 62.1 Å². The van der Waals surface area contributed by atoms with Gasteiger partial charge in [0, 0.05) is 43.4 Å². The fourth-order valence-corrected chi connectivity index (χ4v) is 4.84. The molecular weight excluding hydrogens is 512 g/mol. The molecule has 1 amide bonds. The maximum Gasteiger partial charge on any atom is 0.410 e. The third-order valence-corrected chi connectivity index (χ3v) is 6.84. The first-order valence-electron chi connectivity index (χ1n) is 13.5. The minimum Gasteiger partial charge on any atom is -0.480 e. The lowest BCUT2D eigenvalue weighted by Crippen LogP contribution is -2.46. The van der Waals surface area contributed by atoms with Gasteiger partial charge >= 0.3 is 6.09 Å². The summed E-state index contributed by atoms with van der Waals surface area (Å²) >= 11 is 0. The predicted molar refractivity (Wildman–Crippen MR) is 149 cm³/mol. The van der Waals surface area contributed by atoms with Crippen LogP contribution in [0.2, 0.25) is 0 Å². The average Bonchev–Trinajstić information content (AvgIpc) is 3.66. The maximum absolute atomic E-state index is 12.9. The SMILES string of the molecule is COCOc1cc(-c2cnnc(OC)c2)ccc1-c1ccc(N2CC[C@@H](N(C(=O)OC(C)(C)C)C3CC3)C2)nn1. The fourth-order valence-electron chi connectivity index (χ4n) is 4.84. The van der Waals surface area contributed by atoms with Gasteiger partial charge in [-0.2, -0.15) is 5.10 Å². The summed E-state index contributed by atoms with van der Waals surface area (Å²) in [6.45, 7) is 7.29. The Bertz CT molecular complexity index is 1330.